The molecule has 0 fully saturated rings. The van der Waals surface area contributed by atoms with E-state index in [2.05, 4.69) is 10.3 Å². The molecule has 5 rings (SSSR count). The third kappa shape index (κ3) is 3.33. The minimum Gasteiger partial charge on any atom is -0.478 e. The first-order valence-electron chi connectivity index (χ1n) is 10.2. The second-order valence-corrected chi connectivity index (χ2v) is 8.85. The lowest BCUT2D eigenvalue weighted by molar-refractivity contribution is -0.122. The standard InChI is InChI=1S/C24H21N3O4S/c1-13-21(32-24(25-13)27(2)3)17-18-19(15-11-7-8-12-16(15)30-23(18)29)31-20(17)22(28)26-14-9-5-4-6-10-14/h4-12,17,20H,1-3H3,(H,26,28)/t17-,20-/m0/s1. The van der Waals surface area contributed by atoms with Crippen LogP contribution in [0.15, 0.2) is 63.8 Å². The maximum Gasteiger partial charge on any atom is 0.344 e. The van der Waals surface area contributed by atoms with Crippen molar-refractivity contribution in [1.29, 1.82) is 0 Å². The average Bonchev–Trinajstić information content (AvgIpc) is 3.36. The summed E-state index contributed by atoms with van der Waals surface area (Å²) in [6.07, 6.45) is -0.937. The molecule has 0 saturated heterocycles. The number of aryl methyl sites for hydroxylation is 1. The molecule has 2 aromatic carbocycles. The Morgan fingerprint density at radius 3 is 2.53 bits per heavy atom. The van der Waals surface area contributed by atoms with E-state index < -0.39 is 17.6 Å². The van der Waals surface area contributed by atoms with Gasteiger partial charge in [0.1, 0.15) is 11.3 Å². The first kappa shape index (κ1) is 20.3. The molecule has 3 heterocycles. The highest BCUT2D eigenvalue weighted by Crippen LogP contribution is 2.47. The van der Waals surface area contributed by atoms with E-state index in [9.17, 15) is 9.59 Å². The van der Waals surface area contributed by atoms with Gasteiger partial charge < -0.3 is 19.4 Å². The molecule has 0 saturated carbocycles. The van der Waals surface area contributed by atoms with Crippen LogP contribution in [0.1, 0.15) is 22.1 Å². The molecular formula is C24H21N3O4S. The molecule has 1 aliphatic heterocycles. The van der Waals surface area contributed by atoms with Crippen LogP contribution in [0.2, 0.25) is 0 Å². The van der Waals surface area contributed by atoms with Gasteiger partial charge >= 0.3 is 5.63 Å². The number of para-hydroxylation sites is 2. The molecule has 7 nitrogen and oxygen atoms in total. The lowest BCUT2D eigenvalue weighted by Crippen LogP contribution is -2.35. The zero-order valence-corrected chi connectivity index (χ0v) is 18.6. The highest BCUT2D eigenvalue weighted by molar-refractivity contribution is 7.15. The number of nitrogens with zero attached hydrogens (tertiary/aromatic N) is 2. The highest BCUT2D eigenvalue weighted by Gasteiger charge is 2.46. The molecule has 1 N–H and O–H groups in total. The quantitative estimate of drug-likeness (QED) is 0.473. The fourth-order valence-corrected chi connectivity index (χ4v) is 5.08. The number of hydrogen-bond donors (Lipinski definition) is 1. The van der Waals surface area contributed by atoms with Crippen LogP contribution in [0, 0.1) is 6.92 Å². The van der Waals surface area contributed by atoms with E-state index in [0.717, 1.165) is 15.7 Å². The molecule has 2 aromatic heterocycles. The molecule has 0 spiro atoms. The number of amides is 1. The number of fused-ring (bicyclic) bond motifs is 3. The maximum absolute atomic E-state index is 13.4. The number of carbonyl (C=O) groups is 1. The minimum atomic E-state index is -0.937. The molecule has 162 valence electrons. The van der Waals surface area contributed by atoms with Crippen LogP contribution < -0.4 is 20.6 Å². The number of thiazole rings is 1. The number of benzene rings is 2. The van der Waals surface area contributed by atoms with Gasteiger partial charge in [0.15, 0.2) is 11.2 Å². The molecule has 8 heteroatoms. The number of anilines is 2. The summed E-state index contributed by atoms with van der Waals surface area (Å²) in [5, 5.41) is 4.37. The van der Waals surface area contributed by atoms with Crippen LogP contribution in [-0.4, -0.2) is 31.1 Å². The van der Waals surface area contributed by atoms with Crippen molar-refractivity contribution in [1.82, 2.24) is 4.98 Å². The summed E-state index contributed by atoms with van der Waals surface area (Å²) in [4.78, 5) is 33.8. The van der Waals surface area contributed by atoms with Gasteiger partial charge in [-0.2, -0.15) is 0 Å². The van der Waals surface area contributed by atoms with E-state index in [4.69, 9.17) is 9.15 Å². The van der Waals surface area contributed by atoms with Crippen LogP contribution in [0.5, 0.6) is 5.75 Å². The predicted octanol–water partition coefficient (Wildman–Crippen LogP) is 4.16. The van der Waals surface area contributed by atoms with E-state index in [-0.39, 0.29) is 5.91 Å². The fourth-order valence-electron chi connectivity index (χ4n) is 3.96. The first-order valence-corrected chi connectivity index (χ1v) is 11.0. The molecule has 0 bridgehead atoms. The smallest absolute Gasteiger partial charge is 0.344 e. The zero-order valence-electron chi connectivity index (χ0n) is 17.8. The van der Waals surface area contributed by atoms with Gasteiger partial charge in [-0.05, 0) is 31.2 Å². The van der Waals surface area contributed by atoms with Gasteiger partial charge in [-0.25, -0.2) is 9.78 Å². The van der Waals surface area contributed by atoms with Crippen LogP contribution in [0.3, 0.4) is 0 Å². The number of aromatic nitrogens is 1. The van der Waals surface area contributed by atoms with E-state index in [1.165, 1.54) is 11.3 Å². The molecule has 0 aliphatic carbocycles. The summed E-state index contributed by atoms with van der Waals surface area (Å²) in [6.45, 7) is 1.88. The van der Waals surface area contributed by atoms with Crippen molar-refractivity contribution in [2.75, 3.05) is 24.3 Å². The molecule has 32 heavy (non-hydrogen) atoms. The summed E-state index contributed by atoms with van der Waals surface area (Å²) in [7, 11) is 3.81. The maximum atomic E-state index is 13.4. The Hall–Kier alpha value is -3.65. The molecule has 1 aliphatic rings. The van der Waals surface area contributed by atoms with E-state index >= 15 is 0 Å². The monoisotopic (exact) mass is 447 g/mol. The Bertz CT molecular complexity index is 1380. The van der Waals surface area contributed by atoms with Crippen LogP contribution in [0.25, 0.3) is 11.0 Å². The van der Waals surface area contributed by atoms with Crippen molar-refractivity contribution in [2.24, 2.45) is 0 Å². The third-order valence-corrected chi connectivity index (χ3v) is 6.85. The lowest BCUT2D eigenvalue weighted by Gasteiger charge is -2.18. The topological polar surface area (TPSA) is 84.7 Å². The van der Waals surface area contributed by atoms with E-state index in [0.29, 0.717) is 28.0 Å². The highest BCUT2D eigenvalue weighted by atomic mass is 32.1. The number of rotatable bonds is 4. The van der Waals surface area contributed by atoms with Crippen molar-refractivity contribution in [3.8, 4) is 5.75 Å². The van der Waals surface area contributed by atoms with Crippen molar-refractivity contribution in [2.45, 2.75) is 18.9 Å². The SMILES string of the molecule is Cc1nc(N(C)C)sc1[C@H]1c2c(c3ccccc3oc2=O)O[C@@H]1C(=O)Nc1ccccc1. The summed E-state index contributed by atoms with van der Waals surface area (Å²) >= 11 is 1.44. The summed E-state index contributed by atoms with van der Waals surface area (Å²) < 4.78 is 11.8. The number of carbonyl (C=O) groups excluding carboxylic acids is 1. The molecule has 1 amide bonds. The second-order valence-electron chi connectivity index (χ2n) is 7.84. The normalized spacial score (nSPS) is 17.1. The van der Waals surface area contributed by atoms with Gasteiger partial charge in [0.2, 0.25) is 0 Å². The second kappa shape index (κ2) is 7.80. The summed E-state index contributed by atoms with van der Waals surface area (Å²) in [6, 6.07) is 16.4. The van der Waals surface area contributed by atoms with Gasteiger partial charge in [0, 0.05) is 24.7 Å². The molecule has 0 radical (unpaired) electrons. The van der Waals surface area contributed by atoms with Gasteiger partial charge in [-0.1, -0.05) is 30.3 Å². The Kier molecular flexibility index (Phi) is 4.94. The van der Waals surface area contributed by atoms with Crippen LogP contribution in [-0.2, 0) is 4.79 Å². The summed E-state index contributed by atoms with van der Waals surface area (Å²) in [5.41, 5.74) is 1.69. The zero-order chi connectivity index (χ0) is 22.4. The largest absolute Gasteiger partial charge is 0.478 e. The average molecular weight is 448 g/mol. The van der Waals surface area contributed by atoms with Crippen molar-refractivity contribution in [3.05, 3.63) is 81.2 Å². The Morgan fingerprint density at radius 1 is 1.09 bits per heavy atom. The van der Waals surface area contributed by atoms with E-state index in [1.807, 2.05) is 56.3 Å². The Balaban J connectivity index is 1.67. The fraction of sp³-hybridized carbons (Fsp3) is 0.208. The van der Waals surface area contributed by atoms with Gasteiger partial charge in [0.05, 0.1) is 22.6 Å². The minimum absolute atomic E-state index is 0.333. The Labute approximate surface area is 188 Å². The van der Waals surface area contributed by atoms with Gasteiger partial charge in [-0.15, -0.1) is 11.3 Å². The molecule has 2 atom stereocenters. The predicted molar refractivity (Wildman–Crippen MR) is 125 cm³/mol. The van der Waals surface area contributed by atoms with Crippen LogP contribution >= 0.6 is 11.3 Å². The van der Waals surface area contributed by atoms with Crippen molar-refractivity contribution < 1.29 is 13.9 Å². The Morgan fingerprint density at radius 2 is 1.81 bits per heavy atom. The molecule has 0 unspecified atom stereocenters. The van der Waals surface area contributed by atoms with Gasteiger partial charge in [-0.3, -0.25) is 4.79 Å². The molecule has 4 aromatic rings. The molecular weight excluding hydrogens is 426 g/mol. The first-order chi connectivity index (χ1) is 15.4. The lowest BCUT2D eigenvalue weighted by atomic mass is 9.93. The summed E-state index contributed by atoms with van der Waals surface area (Å²) in [5.74, 6) is -0.560. The van der Waals surface area contributed by atoms with Crippen molar-refractivity contribution in [3.63, 3.8) is 0 Å². The van der Waals surface area contributed by atoms with Crippen molar-refractivity contribution >= 4 is 39.0 Å². The van der Waals surface area contributed by atoms with Gasteiger partial charge in [0.25, 0.3) is 5.91 Å². The number of nitrogens with one attached hydrogen (secondary N) is 1. The van der Waals surface area contributed by atoms with E-state index in [1.54, 1.807) is 24.3 Å². The number of ether oxygens (including phenoxy) is 1. The third-order valence-electron chi connectivity index (χ3n) is 5.44. The number of hydrogen-bond acceptors (Lipinski definition) is 7. The van der Waals surface area contributed by atoms with Crippen LogP contribution in [0.4, 0.5) is 10.8 Å².